The summed E-state index contributed by atoms with van der Waals surface area (Å²) in [6.45, 7) is 0. The Bertz CT molecular complexity index is 932. The summed E-state index contributed by atoms with van der Waals surface area (Å²) in [4.78, 5) is 30.9. The number of thioether (sulfide) groups is 1. The van der Waals surface area contributed by atoms with Gasteiger partial charge in [-0.1, -0.05) is 35.0 Å². The first-order valence-corrected chi connectivity index (χ1v) is 10.0. The SMILES string of the molecule is CN(C)c1ccc(N=C2NC(=O)C(CC(=O)Nc3cc(Cl)ccc3Cl)S2)cc1. The lowest BCUT2D eigenvalue weighted by molar-refractivity contribution is -0.122. The van der Waals surface area contributed by atoms with Gasteiger partial charge in [0.25, 0.3) is 0 Å². The monoisotopic (exact) mass is 436 g/mol. The Morgan fingerprint density at radius 3 is 2.61 bits per heavy atom. The van der Waals surface area contributed by atoms with Gasteiger partial charge in [-0.05, 0) is 42.5 Å². The largest absolute Gasteiger partial charge is 0.378 e. The van der Waals surface area contributed by atoms with Gasteiger partial charge >= 0.3 is 0 Å². The van der Waals surface area contributed by atoms with Gasteiger partial charge in [0.15, 0.2) is 5.17 Å². The smallest absolute Gasteiger partial charge is 0.240 e. The first-order chi connectivity index (χ1) is 13.3. The van der Waals surface area contributed by atoms with Crippen molar-refractivity contribution in [1.29, 1.82) is 0 Å². The van der Waals surface area contributed by atoms with Crippen molar-refractivity contribution in [1.82, 2.24) is 5.32 Å². The maximum atomic E-state index is 12.3. The summed E-state index contributed by atoms with van der Waals surface area (Å²) in [6.07, 6.45) is -0.00205. The number of benzene rings is 2. The van der Waals surface area contributed by atoms with Crippen LogP contribution in [0, 0.1) is 0 Å². The van der Waals surface area contributed by atoms with Gasteiger partial charge in [0.1, 0.15) is 5.25 Å². The van der Waals surface area contributed by atoms with E-state index in [2.05, 4.69) is 15.6 Å². The molecule has 3 rings (SSSR count). The number of carbonyl (C=O) groups is 2. The maximum Gasteiger partial charge on any atom is 0.240 e. The van der Waals surface area contributed by atoms with E-state index >= 15 is 0 Å². The first kappa shape index (κ1) is 20.5. The molecule has 1 atom stereocenters. The number of nitrogens with one attached hydrogen (secondary N) is 2. The van der Waals surface area contributed by atoms with E-state index in [0.29, 0.717) is 20.9 Å². The number of rotatable bonds is 5. The summed E-state index contributed by atoms with van der Waals surface area (Å²) < 4.78 is 0. The number of halogens is 2. The van der Waals surface area contributed by atoms with Crippen molar-refractivity contribution in [3.63, 3.8) is 0 Å². The zero-order valence-electron chi connectivity index (χ0n) is 15.2. The van der Waals surface area contributed by atoms with Crippen molar-refractivity contribution in [3.05, 3.63) is 52.5 Å². The highest BCUT2D eigenvalue weighted by molar-refractivity contribution is 8.15. The molecule has 1 heterocycles. The second-order valence-corrected chi connectivity index (χ2v) is 8.34. The number of amidine groups is 1. The van der Waals surface area contributed by atoms with Crippen LogP contribution in [0.25, 0.3) is 0 Å². The minimum Gasteiger partial charge on any atom is -0.378 e. The summed E-state index contributed by atoms with van der Waals surface area (Å²) >= 11 is 13.2. The molecule has 0 saturated carbocycles. The second kappa shape index (κ2) is 8.86. The molecule has 1 aliphatic rings. The van der Waals surface area contributed by atoms with E-state index in [4.69, 9.17) is 23.2 Å². The van der Waals surface area contributed by atoms with Gasteiger partial charge in [0.2, 0.25) is 11.8 Å². The first-order valence-electron chi connectivity index (χ1n) is 8.40. The van der Waals surface area contributed by atoms with Crippen LogP contribution in [0.2, 0.25) is 10.0 Å². The third-order valence-corrected chi connectivity index (χ3v) is 5.59. The predicted octanol–water partition coefficient (Wildman–Crippen LogP) is 4.31. The summed E-state index contributed by atoms with van der Waals surface area (Å²) in [5, 5.41) is 6.16. The highest BCUT2D eigenvalue weighted by Gasteiger charge is 2.32. The molecule has 0 spiro atoms. The van der Waals surface area contributed by atoms with E-state index in [0.717, 1.165) is 11.4 Å². The Labute approximate surface area is 177 Å². The standard InChI is InChI=1S/C19H18Cl2N4O2S/c1-25(2)13-6-4-12(5-7-13)22-19-24-18(27)16(28-19)10-17(26)23-15-9-11(20)3-8-14(15)21/h3-9,16H,10H2,1-2H3,(H,23,26)(H,22,24,27). The Hall–Kier alpha value is -2.22. The van der Waals surface area contributed by atoms with Gasteiger partial charge in [-0.3, -0.25) is 9.59 Å². The number of nitrogens with zero attached hydrogens (tertiary/aromatic N) is 2. The molecule has 2 aromatic rings. The minimum absolute atomic E-state index is 0.00205. The highest BCUT2D eigenvalue weighted by Crippen LogP contribution is 2.28. The Morgan fingerprint density at radius 2 is 1.93 bits per heavy atom. The van der Waals surface area contributed by atoms with E-state index in [-0.39, 0.29) is 18.2 Å². The molecular weight excluding hydrogens is 419 g/mol. The fraction of sp³-hybridized carbons (Fsp3) is 0.211. The zero-order valence-corrected chi connectivity index (χ0v) is 17.5. The van der Waals surface area contributed by atoms with Gasteiger partial charge in [-0.25, -0.2) is 4.99 Å². The molecule has 2 N–H and O–H groups in total. The van der Waals surface area contributed by atoms with Crippen molar-refractivity contribution in [2.24, 2.45) is 4.99 Å². The van der Waals surface area contributed by atoms with Crippen LogP contribution in [0.5, 0.6) is 0 Å². The second-order valence-electron chi connectivity index (χ2n) is 6.30. The van der Waals surface area contributed by atoms with Gasteiger partial charge in [0.05, 0.1) is 16.4 Å². The third-order valence-electron chi connectivity index (χ3n) is 3.95. The van der Waals surface area contributed by atoms with Crippen LogP contribution < -0.4 is 15.5 Å². The molecule has 146 valence electrons. The topological polar surface area (TPSA) is 73.8 Å². The van der Waals surface area contributed by atoms with Crippen molar-refractivity contribution in [2.45, 2.75) is 11.7 Å². The van der Waals surface area contributed by atoms with Crippen LogP contribution >= 0.6 is 35.0 Å². The quantitative estimate of drug-likeness (QED) is 0.732. The summed E-state index contributed by atoms with van der Waals surface area (Å²) in [6, 6.07) is 12.4. The van der Waals surface area contributed by atoms with Crippen LogP contribution in [-0.2, 0) is 9.59 Å². The van der Waals surface area contributed by atoms with Crippen molar-refractivity contribution in [2.75, 3.05) is 24.3 Å². The highest BCUT2D eigenvalue weighted by atomic mass is 35.5. The average molecular weight is 437 g/mol. The lowest BCUT2D eigenvalue weighted by Gasteiger charge is -2.11. The number of hydrogen-bond donors (Lipinski definition) is 2. The molecular formula is C19H18Cl2N4O2S. The van der Waals surface area contributed by atoms with Crippen LogP contribution in [0.15, 0.2) is 47.5 Å². The molecule has 28 heavy (non-hydrogen) atoms. The van der Waals surface area contributed by atoms with Gasteiger partial charge in [0, 0.05) is 31.2 Å². The summed E-state index contributed by atoms with van der Waals surface area (Å²) in [5.41, 5.74) is 2.20. The molecule has 1 aliphatic heterocycles. The van der Waals surface area contributed by atoms with E-state index in [9.17, 15) is 9.59 Å². The normalized spacial score (nSPS) is 17.5. The van der Waals surface area contributed by atoms with Crippen LogP contribution in [0.4, 0.5) is 17.1 Å². The van der Waals surface area contributed by atoms with Crippen molar-refractivity contribution < 1.29 is 9.59 Å². The van der Waals surface area contributed by atoms with Gasteiger partial charge in [-0.2, -0.15) is 0 Å². The number of hydrogen-bond acceptors (Lipinski definition) is 5. The molecule has 6 nitrogen and oxygen atoms in total. The maximum absolute atomic E-state index is 12.3. The number of amides is 2. The Morgan fingerprint density at radius 1 is 1.21 bits per heavy atom. The molecule has 9 heteroatoms. The molecule has 0 aromatic heterocycles. The van der Waals surface area contributed by atoms with E-state index in [1.807, 2.05) is 43.3 Å². The molecule has 2 aromatic carbocycles. The predicted molar refractivity (Wildman–Crippen MR) is 117 cm³/mol. The number of anilines is 2. The Kier molecular flexibility index (Phi) is 6.49. The fourth-order valence-electron chi connectivity index (χ4n) is 2.50. The molecule has 2 amide bonds. The van der Waals surface area contributed by atoms with Gasteiger partial charge in [-0.15, -0.1) is 0 Å². The van der Waals surface area contributed by atoms with Crippen LogP contribution in [-0.4, -0.2) is 36.3 Å². The molecule has 1 saturated heterocycles. The third kappa shape index (κ3) is 5.19. The average Bonchev–Trinajstić information content (AvgIpc) is 2.97. The minimum atomic E-state index is -0.558. The van der Waals surface area contributed by atoms with E-state index < -0.39 is 5.25 Å². The van der Waals surface area contributed by atoms with Crippen molar-refractivity contribution >= 4 is 69.0 Å². The molecule has 0 bridgehead atoms. The summed E-state index contributed by atoms with van der Waals surface area (Å²) in [5.74, 6) is -0.575. The molecule has 0 radical (unpaired) electrons. The number of carbonyl (C=O) groups excluding carboxylic acids is 2. The molecule has 1 unspecified atom stereocenters. The van der Waals surface area contributed by atoms with Gasteiger partial charge < -0.3 is 15.5 Å². The molecule has 1 fully saturated rings. The van der Waals surface area contributed by atoms with E-state index in [1.54, 1.807) is 18.2 Å². The Balaban J connectivity index is 1.62. The fourth-order valence-corrected chi connectivity index (χ4v) is 3.82. The summed E-state index contributed by atoms with van der Waals surface area (Å²) in [7, 11) is 3.92. The van der Waals surface area contributed by atoms with Crippen molar-refractivity contribution in [3.8, 4) is 0 Å². The lowest BCUT2D eigenvalue weighted by atomic mass is 10.2. The van der Waals surface area contributed by atoms with E-state index in [1.165, 1.54) is 11.8 Å². The number of aliphatic imine (C=N–C) groups is 1. The molecule has 0 aliphatic carbocycles. The lowest BCUT2D eigenvalue weighted by Crippen LogP contribution is -2.28. The van der Waals surface area contributed by atoms with Crippen LogP contribution in [0.1, 0.15) is 6.42 Å². The van der Waals surface area contributed by atoms with Crippen LogP contribution in [0.3, 0.4) is 0 Å². The zero-order chi connectivity index (χ0) is 20.3.